The van der Waals surface area contributed by atoms with E-state index in [-0.39, 0.29) is 16.8 Å². The molecule has 144 valence electrons. The smallest absolute Gasteiger partial charge is 0.200 e. The molecule has 0 aromatic heterocycles. The van der Waals surface area contributed by atoms with Gasteiger partial charge in [-0.1, -0.05) is 23.5 Å². The first kappa shape index (κ1) is 20.6. The van der Waals surface area contributed by atoms with Crippen LogP contribution in [-0.2, 0) is 16.3 Å². The summed E-state index contributed by atoms with van der Waals surface area (Å²) in [4.78, 5) is -0.962. The minimum absolute atomic E-state index is 0.234. The highest BCUT2D eigenvalue weighted by Crippen LogP contribution is 2.82. The Hall–Kier alpha value is -0.0800. The highest BCUT2D eigenvalue weighted by atomic mass is 33.2. The van der Waals surface area contributed by atoms with Crippen LogP contribution in [0, 0.1) is 35.0 Å². The lowest BCUT2D eigenvalue weighted by molar-refractivity contribution is 0.129. The fraction of sp³-hybridized carbons (Fsp3) is 0.500. The van der Waals surface area contributed by atoms with Gasteiger partial charge in [0.25, 0.3) is 0 Å². The van der Waals surface area contributed by atoms with Gasteiger partial charge in [0.2, 0.25) is 5.82 Å². The third kappa shape index (κ3) is 3.50. The molecule has 1 nitrogen and oxygen atoms in total. The lowest BCUT2D eigenvalue weighted by Gasteiger charge is -2.37. The van der Waals surface area contributed by atoms with Gasteiger partial charge in [-0.25, -0.2) is 22.0 Å². The van der Waals surface area contributed by atoms with E-state index in [0.29, 0.717) is 17.8 Å². The van der Waals surface area contributed by atoms with E-state index in [1.807, 2.05) is 13.8 Å². The third-order valence-corrected chi connectivity index (χ3v) is 13.8. The van der Waals surface area contributed by atoms with Crippen LogP contribution in [0.4, 0.5) is 22.0 Å². The van der Waals surface area contributed by atoms with Crippen molar-refractivity contribution in [1.29, 1.82) is 0 Å². The van der Waals surface area contributed by atoms with Crippen molar-refractivity contribution < 1.29 is 26.5 Å². The van der Waals surface area contributed by atoms with E-state index in [4.69, 9.17) is 16.3 Å². The predicted molar refractivity (Wildman–Crippen MR) is 99.4 cm³/mol. The van der Waals surface area contributed by atoms with Gasteiger partial charge in [0.05, 0.1) is 11.0 Å². The van der Waals surface area contributed by atoms with E-state index in [0.717, 1.165) is 18.4 Å². The van der Waals surface area contributed by atoms with E-state index >= 15 is 0 Å². The number of allylic oxidation sites excluding steroid dienone is 1. The van der Waals surface area contributed by atoms with Gasteiger partial charge in [0, 0.05) is 4.75 Å². The maximum Gasteiger partial charge on any atom is 0.200 e. The van der Waals surface area contributed by atoms with Gasteiger partial charge in [-0.15, -0.1) is 0 Å². The largest absolute Gasteiger partial charge is 0.329 e. The van der Waals surface area contributed by atoms with E-state index < -0.39 is 38.7 Å². The molecular weight excluding hydrogens is 430 g/mol. The summed E-state index contributed by atoms with van der Waals surface area (Å²) in [5, 5.41) is 0. The zero-order chi connectivity index (χ0) is 19.4. The maximum absolute atomic E-state index is 14.0. The average Bonchev–Trinajstić information content (AvgIpc) is 2.84. The summed E-state index contributed by atoms with van der Waals surface area (Å²) in [6.07, 6.45) is 2.15. The van der Waals surface area contributed by atoms with E-state index in [9.17, 15) is 22.0 Å². The fourth-order valence-electron chi connectivity index (χ4n) is 3.20. The van der Waals surface area contributed by atoms with E-state index in [2.05, 4.69) is 6.58 Å². The van der Waals surface area contributed by atoms with Crippen LogP contribution in [0.3, 0.4) is 0 Å². The van der Waals surface area contributed by atoms with Gasteiger partial charge in [-0.3, -0.25) is 0 Å². The SMILES string of the molecule is C=C(C)[C@@H]1CC[C@]2(C)S[P@](=S)(Sc3c(F)c(F)c(F)c(F)c3F)OC2C1. The second-order valence-corrected chi connectivity index (χ2v) is 17.4. The first-order valence-corrected chi connectivity index (χ1v) is 13.4. The molecule has 3 rings (SSSR count). The van der Waals surface area contributed by atoms with E-state index in [1.165, 1.54) is 11.4 Å². The highest BCUT2D eigenvalue weighted by molar-refractivity contribution is 8.99. The standard InChI is InChI=1S/C16H16F5OPS3/c1-7(2)8-4-5-16(3)9(6-8)22-23(24,26-16)25-15-13(20)11(18)10(17)12(19)14(15)21/h8-9H,1,4-6H2,2-3H3/t8-,9?,16+,23-/m1/s1. The zero-order valence-corrected chi connectivity index (χ0v) is 17.3. The Balaban J connectivity index is 1.91. The number of fused-ring (bicyclic) bond motifs is 1. The molecule has 1 heterocycles. The van der Waals surface area contributed by atoms with Gasteiger partial charge >= 0.3 is 0 Å². The van der Waals surface area contributed by atoms with Gasteiger partial charge in [0.15, 0.2) is 27.9 Å². The zero-order valence-electron chi connectivity index (χ0n) is 14.0. The van der Waals surface area contributed by atoms with Gasteiger partial charge < -0.3 is 4.52 Å². The summed E-state index contributed by atoms with van der Waals surface area (Å²) in [5.74, 6) is -9.56. The molecule has 1 saturated heterocycles. The van der Waals surface area contributed by atoms with Crippen LogP contribution in [0.25, 0.3) is 0 Å². The molecule has 1 aliphatic heterocycles. The number of hydrogen-bond acceptors (Lipinski definition) is 4. The lowest BCUT2D eigenvalue weighted by Crippen LogP contribution is -2.39. The van der Waals surface area contributed by atoms with Crippen molar-refractivity contribution in [3.8, 4) is 0 Å². The Morgan fingerprint density at radius 1 is 1.19 bits per heavy atom. The van der Waals surface area contributed by atoms with Crippen LogP contribution in [0.2, 0.25) is 0 Å². The Labute approximate surface area is 161 Å². The molecule has 4 atom stereocenters. The Morgan fingerprint density at radius 2 is 1.73 bits per heavy atom. The van der Waals surface area contributed by atoms with Crippen molar-refractivity contribution in [1.82, 2.24) is 0 Å². The molecular formula is C16H16F5OPS3. The Kier molecular flexibility index (Phi) is 5.61. The summed E-state index contributed by atoms with van der Waals surface area (Å²) in [7, 11) is 0. The molecule has 0 N–H and O–H groups in total. The van der Waals surface area contributed by atoms with Crippen molar-refractivity contribution in [3.05, 3.63) is 41.2 Å². The quantitative estimate of drug-likeness (QED) is 0.163. The molecule has 0 amide bonds. The first-order chi connectivity index (χ1) is 12.0. The van der Waals surface area contributed by atoms with Crippen molar-refractivity contribution >= 4 is 39.2 Å². The molecule has 10 heteroatoms. The lowest BCUT2D eigenvalue weighted by atomic mass is 9.77. The van der Waals surface area contributed by atoms with Gasteiger partial charge in [-0.05, 0) is 62.2 Å². The van der Waals surface area contributed by atoms with Crippen LogP contribution in [0.15, 0.2) is 17.0 Å². The van der Waals surface area contributed by atoms with Crippen LogP contribution in [0.5, 0.6) is 0 Å². The molecule has 1 aromatic carbocycles. The van der Waals surface area contributed by atoms with Crippen molar-refractivity contribution in [2.45, 2.75) is 48.9 Å². The second kappa shape index (κ2) is 7.07. The molecule has 1 aromatic rings. The van der Waals surface area contributed by atoms with Crippen molar-refractivity contribution in [2.75, 3.05) is 0 Å². The van der Waals surface area contributed by atoms with Crippen molar-refractivity contribution in [3.63, 3.8) is 0 Å². The number of hydrogen-bond donors (Lipinski definition) is 0. The molecule has 1 unspecified atom stereocenters. The first-order valence-electron chi connectivity index (χ1n) is 7.83. The minimum atomic E-state index is -2.93. The van der Waals surface area contributed by atoms with Crippen LogP contribution < -0.4 is 0 Å². The average molecular weight is 446 g/mol. The monoisotopic (exact) mass is 446 g/mol. The minimum Gasteiger partial charge on any atom is -0.329 e. The normalized spacial score (nSPS) is 34.0. The Morgan fingerprint density at radius 3 is 2.27 bits per heavy atom. The molecule has 2 aliphatic rings. The topological polar surface area (TPSA) is 9.23 Å². The molecule has 0 radical (unpaired) electrons. The van der Waals surface area contributed by atoms with Crippen LogP contribution in [-0.4, -0.2) is 10.9 Å². The van der Waals surface area contributed by atoms with Gasteiger partial charge in [-0.2, -0.15) is 0 Å². The van der Waals surface area contributed by atoms with Crippen LogP contribution in [0.1, 0.15) is 33.1 Å². The fourth-order valence-corrected chi connectivity index (χ4v) is 14.9. The molecule has 0 bridgehead atoms. The molecule has 26 heavy (non-hydrogen) atoms. The predicted octanol–water partition coefficient (Wildman–Crippen LogP) is 6.97. The maximum atomic E-state index is 14.0. The van der Waals surface area contributed by atoms with Crippen molar-refractivity contribution in [2.24, 2.45) is 5.92 Å². The highest BCUT2D eigenvalue weighted by Gasteiger charge is 2.53. The summed E-state index contributed by atoms with van der Waals surface area (Å²) in [6, 6.07) is 0. The summed E-state index contributed by atoms with van der Waals surface area (Å²) in [6.45, 7) is 7.88. The third-order valence-electron chi connectivity index (χ3n) is 4.82. The molecule has 2 fully saturated rings. The van der Waals surface area contributed by atoms with E-state index in [1.54, 1.807) is 0 Å². The molecule has 1 aliphatic carbocycles. The number of halogens is 5. The number of benzene rings is 1. The van der Waals surface area contributed by atoms with Crippen LogP contribution >= 0.6 is 27.4 Å². The summed E-state index contributed by atoms with van der Waals surface area (Å²) < 4.78 is 70.9. The molecule has 1 saturated carbocycles. The summed E-state index contributed by atoms with van der Waals surface area (Å²) >= 11 is 7.27. The molecule has 0 spiro atoms. The second-order valence-electron chi connectivity index (χ2n) is 6.75. The number of rotatable bonds is 3. The Bertz CT molecular complexity index is 804. The summed E-state index contributed by atoms with van der Waals surface area (Å²) in [5.41, 5.74) is 1.04. The van der Waals surface area contributed by atoms with Gasteiger partial charge in [0.1, 0.15) is 0 Å².